The summed E-state index contributed by atoms with van der Waals surface area (Å²) in [5.41, 5.74) is 2.36. The van der Waals surface area contributed by atoms with E-state index in [1.54, 1.807) is 0 Å². The van der Waals surface area contributed by atoms with Gasteiger partial charge in [0.2, 0.25) is 5.91 Å². The van der Waals surface area contributed by atoms with Crippen molar-refractivity contribution in [2.45, 2.75) is 44.2 Å². The van der Waals surface area contributed by atoms with E-state index in [9.17, 15) is 9.90 Å². The average molecular weight is 331 g/mol. The van der Waals surface area contributed by atoms with E-state index in [2.05, 4.69) is 17.4 Å². The minimum Gasteiger partial charge on any atom is -0.493 e. The van der Waals surface area contributed by atoms with Gasteiger partial charge in [-0.25, -0.2) is 0 Å². The lowest BCUT2D eigenvalue weighted by atomic mass is 9.74. The highest BCUT2D eigenvalue weighted by Crippen LogP contribution is 2.40. The summed E-state index contributed by atoms with van der Waals surface area (Å²) in [6, 6.07) is 6.22. The molecular weight excluding hydrogens is 306 g/mol. The number of aliphatic hydroxyl groups excluding tert-OH is 1. The van der Waals surface area contributed by atoms with Crippen LogP contribution in [0.4, 0.5) is 0 Å². The summed E-state index contributed by atoms with van der Waals surface area (Å²) in [5, 5.41) is 13.0. The first kappa shape index (κ1) is 15.9. The lowest BCUT2D eigenvalue weighted by molar-refractivity contribution is -0.129. The Morgan fingerprint density at radius 1 is 1.21 bits per heavy atom. The number of hydrogen-bond acceptors (Lipinski definition) is 4. The fourth-order valence-corrected chi connectivity index (χ4v) is 4.01. The first-order valence-corrected chi connectivity index (χ1v) is 9.02. The second kappa shape index (κ2) is 6.73. The minimum atomic E-state index is -0.227. The molecular formula is C19H25NO4. The number of hydrogen-bond donors (Lipinski definition) is 2. The predicted octanol–water partition coefficient (Wildman–Crippen LogP) is 1.98. The van der Waals surface area contributed by atoms with Crippen molar-refractivity contribution in [3.8, 4) is 5.75 Å². The zero-order chi connectivity index (χ0) is 16.5. The molecule has 2 fully saturated rings. The van der Waals surface area contributed by atoms with Crippen LogP contribution in [0.1, 0.15) is 42.9 Å². The van der Waals surface area contributed by atoms with Crippen molar-refractivity contribution in [3.05, 3.63) is 29.3 Å². The third kappa shape index (κ3) is 3.15. The van der Waals surface area contributed by atoms with Crippen molar-refractivity contribution in [3.63, 3.8) is 0 Å². The maximum Gasteiger partial charge on any atom is 0.223 e. The number of fused-ring (bicyclic) bond motifs is 1. The van der Waals surface area contributed by atoms with Gasteiger partial charge in [-0.15, -0.1) is 0 Å². The van der Waals surface area contributed by atoms with Crippen LogP contribution in [-0.4, -0.2) is 36.9 Å². The topological polar surface area (TPSA) is 67.8 Å². The monoisotopic (exact) mass is 331 g/mol. The van der Waals surface area contributed by atoms with Gasteiger partial charge in [0.25, 0.3) is 0 Å². The van der Waals surface area contributed by atoms with E-state index in [0.29, 0.717) is 19.1 Å². The highest BCUT2D eigenvalue weighted by Gasteiger charge is 2.37. The lowest BCUT2D eigenvalue weighted by Crippen LogP contribution is -2.44. The van der Waals surface area contributed by atoms with E-state index in [1.807, 2.05) is 6.07 Å². The molecule has 4 rings (SSSR count). The molecule has 5 heteroatoms. The summed E-state index contributed by atoms with van der Waals surface area (Å²) in [6.07, 6.45) is 3.80. The van der Waals surface area contributed by atoms with Crippen LogP contribution in [0.15, 0.2) is 18.2 Å². The van der Waals surface area contributed by atoms with Crippen LogP contribution < -0.4 is 10.1 Å². The quantitative estimate of drug-likeness (QED) is 0.885. The summed E-state index contributed by atoms with van der Waals surface area (Å²) in [7, 11) is 0. The molecule has 0 spiro atoms. The van der Waals surface area contributed by atoms with Gasteiger partial charge in [-0.1, -0.05) is 6.07 Å². The molecule has 2 N–H and O–H groups in total. The number of amides is 1. The number of aliphatic hydroxyl groups is 1. The summed E-state index contributed by atoms with van der Waals surface area (Å²) < 4.78 is 10.9. The number of benzene rings is 1. The third-order valence-corrected chi connectivity index (χ3v) is 5.58. The fraction of sp³-hybridized carbons (Fsp3) is 0.632. The van der Waals surface area contributed by atoms with Crippen LogP contribution in [-0.2, 0) is 16.0 Å². The molecule has 2 heterocycles. The van der Waals surface area contributed by atoms with Gasteiger partial charge in [-0.2, -0.15) is 0 Å². The number of rotatable bonds is 4. The van der Waals surface area contributed by atoms with Crippen LogP contribution >= 0.6 is 0 Å². The second-order valence-electron chi connectivity index (χ2n) is 7.22. The molecule has 5 nitrogen and oxygen atoms in total. The first-order chi connectivity index (χ1) is 11.7. The standard InChI is InChI=1S/C19H25NO4/c21-16-10-15(11-16)18(20-19(22)12-3-6-23-7-4-12)14-1-2-17-13(9-14)5-8-24-17/h1-2,9,12,15-16,18,21H,3-8,10-11H2,(H,20,22). The molecule has 0 radical (unpaired) electrons. The van der Waals surface area contributed by atoms with Crippen LogP contribution in [0.5, 0.6) is 5.75 Å². The number of ether oxygens (including phenoxy) is 2. The number of carbonyl (C=O) groups is 1. The van der Waals surface area contributed by atoms with Gasteiger partial charge in [0.15, 0.2) is 0 Å². The maximum absolute atomic E-state index is 12.7. The summed E-state index contributed by atoms with van der Waals surface area (Å²) >= 11 is 0. The lowest BCUT2D eigenvalue weighted by Gasteiger charge is -2.39. The molecule has 1 saturated carbocycles. The molecule has 24 heavy (non-hydrogen) atoms. The molecule has 0 bridgehead atoms. The molecule has 1 aromatic carbocycles. The SMILES string of the molecule is O=C(NC(c1ccc2c(c1)CCO2)C1CC(O)C1)C1CCOCC1. The third-order valence-electron chi connectivity index (χ3n) is 5.58. The predicted molar refractivity (Wildman–Crippen MR) is 88.8 cm³/mol. The molecule has 1 aromatic rings. The molecule has 0 aromatic heterocycles. The number of nitrogens with one attached hydrogen (secondary N) is 1. The Hall–Kier alpha value is -1.59. The summed E-state index contributed by atoms with van der Waals surface area (Å²) in [6.45, 7) is 2.07. The van der Waals surface area contributed by atoms with Crippen molar-refractivity contribution < 1.29 is 19.4 Å². The Morgan fingerprint density at radius 3 is 2.75 bits per heavy atom. The van der Waals surface area contributed by atoms with Crippen LogP contribution in [0.2, 0.25) is 0 Å². The van der Waals surface area contributed by atoms with Gasteiger partial charge >= 0.3 is 0 Å². The highest BCUT2D eigenvalue weighted by atomic mass is 16.5. The minimum absolute atomic E-state index is 0.0188. The molecule has 1 aliphatic carbocycles. The Labute approximate surface area is 142 Å². The zero-order valence-electron chi connectivity index (χ0n) is 13.9. The molecule has 1 unspecified atom stereocenters. The van der Waals surface area contributed by atoms with E-state index in [-0.39, 0.29) is 24.0 Å². The zero-order valence-corrected chi connectivity index (χ0v) is 13.9. The molecule has 2 aliphatic heterocycles. The Bertz CT molecular complexity index is 605. The van der Waals surface area contributed by atoms with Crippen molar-refractivity contribution in [1.29, 1.82) is 0 Å². The van der Waals surface area contributed by atoms with Gasteiger partial charge < -0.3 is 19.9 Å². The van der Waals surface area contributed by atoms with Gasteiger partial charge in [0.05, 0.1) is 18.8 Å². The van der Waals surface area contributed by atoms with Crippen molar-refractivity contribution in [2.75, 3.05) is 19.8 Å². The molecule has 1 atom stereocenters. The van der Waals surface area contributed by atoms with Gasteiger partial charge in [-0.3, -0.25) is 4.79 Å². The van der Waals surface area contributed by atoms with E-state index < -0.39 is 0 Å². The van der Waals surface area contributed by atoms with Crippen LogP contribution in [0, 0.1) is 11.8 Å². The molecule has 1 amide bonds. The normalized spacial score (nSPS) is 27.7. The first-order valence-electron chi connectivity index (χ1n) is 9.02. The van der Waals surface area contributed by atoms with Gasteiger partial charge in [-0.05, 0) is 54.9 Å². The highest BCUT2D eigenvalue weighted by molar-refractivity contribution is 5.79. The average Bonchev–Trinajstić information content (AvgIpc) is 3.05. The number of carbonyl (C=O) groups excluding carboxylic acids is 1. The fourth-order valence-electron chi connectivity index (χ4n) is 4.01. The smallest absolute Gasteiger partial charge is 0.223 e. The Balaban J connectivity index is 1.52. The summed E-state index contributed by atoms with van der Waals surface area (Å²) in [5.74, 6) is 1.44. The van der Waals surface area contributed by atoms with Crippen molar-refractivity contribution >= 4 is 5.91 Å². The summed E-state index contributed by atoms with van der Waals surface area (Å²) in [4.78, 5) is 12.7. The largest absolute Gasteiger partial charge is 0.493 e. The maximum atomic E-state index is 12.7. The Morgan fingerprint density at radius 2 is 2.00 bits per heavy atom. The van der Waals surface area contributed by atoms with Crippen molar-refractivity contribution in [2.24, 2.45) is 11.8 Å². The molecule has 3 aliphatic rings. The van der Waals surface area contributed by atoms with Gasteiger partial charge in [0, 0.05) is 25.6 Å². The van der Waals surface area contributed by atoms with E-state index >= 15 is 0 Å². The second-order valence-corrected chi connectivity index (χ2v) is 7.22. The van der Waals surface area contributed by atoms with E-state index in [1.165, 1.54) is 5.56 Å². The molecule has 130 valence electrons. The van der Waals surface area contributed by atoms with Crippen LogP contribution in [0.3, 0.4) is 0 Å². The van der Waals surface area contributed by atoms with Crippen LogP contribution in [0.25, 0.3) is 0 Å². The van der Waals surface area contributed by atoms with Crippen molar-refractivity contribution in [1.82, 2.24) is 5.32 Å². The van der Waals surface area contributed by atoms with E-state index in [4.69, 9.17) is 9.47 Å². The Kier molecular flexibility index (Phi) is 4.46. The van der Waals surface area contributed by atoms with Gasteiger partial charge in [0.1, 0.15) is 5.75 Å². The molecule has 1 saturated heterocycles. The van der Waals surface area contributed by atoms with E-state index in [0.717, 1.165) is 50.0 Å².